The van der Waals surface area contributed by atoms with Crippen LogP contribution in [0.25, 0.3) is 0 Å². The van der Waals surface area contributed by atoms with Crippen LogP contribution < -0.4 is 10.8 Å². The topological polar surface area (TPSA) is 92.5 Å². The normalized spacial score (nSPS) is 23.8. The molecule has 1 aliphatic rings. The summed E-state index contributed by atoms with van der Waals surface area (Å²) < 4.78 is 0. The van der Waals surface area contributed by atoms with Gasteiger partial charge in [0, 0.05) is 22.6 Å². The predicted octanol–water partition coefficient (Wildman–Crippen LogP) is 0.0938. The van der Waals surface area contributed by atoms with Crippen molar-refractivity contribution < 1.29 is 9.90 Å². The van der Waals surface area contributed by atoms with Crippen molar-refractivity contribution in [2.75, 3.05) is 11.5 Å². The van der Waals surface area contributed by atoms with Gasteiger partial charge < -0.3 is 25.9 Å². The maximum atomic E-state index is 12.1. The molecule has 0 radical (unpaired) electrons. The van der Waals surface area contributed by atoms with E-state index in [4.69, 9.17) is 5.73 Å². The molecule has 0 amide bonds. The molecule has 1 atom stereocenters. The summed E-state index contributed by atoms with van der Waals surface area (Å²) in [6.45, 7) is 7.48. The van der Waals surface area contributed by atoms with Gasteiger partial charge in [-0.2, -0.15) is 11.8 Å². The predicted molar refractivity (Wildman–Crippen MR) is 71.8 cm³/mol. The highest BCUT2D eigenvalue weighted by Gasteiger charge is 2.39. The average Bonchev–Trinajstić information content (AvgIpc) is 2.39. The van der Waals surface area contributed by atoms with Crippen LogP contribution in [0.1, 0.15) is 27.7 Å². The fraction of sp³-hybridized carbons (Fsp3) is 0.750. The van der Waals surface area contributed by atoms with E-state index >= 15 is 0 Å². The molecule has 0 aliphatic carbocycles. The fourth-order valence-corrected chi connectivity index (χ4v) is 3.26. The monoisotopic (exact) mass is 272 g/mol. The third-order valence-corrected chi connectivity index (χ3v) is 4.31. The van der Waals surface area contributed by atoms with Crippen LogP contribution >= 0.6 is 11.8 Å². The van der Waals surface area contributed by atoms with Crippen molar-refractivity contribution in [1.82, 2.24) is 5.06 Å². The average molecular weight is 272 g/mol. The number of carbonyl (C=O) groups excluding carboxylic acids is 1. The van der Waals surface area contributed by atoms with Gasteiger partial charge in [-0.25, -0.2) is 0 Å². The molecule has 6 heteroatoms. The number of hydrogen-bond donors (Lipinski definition) is 1. The number of carbonyl (C=O) groups is 1. The van der Waals surface area contributed by atoms with Gasteiger partial charge in [-0.15, -0.1) is 0 Å². The summed E-state index contributed by atoms with van der Waals surface area (Å²) in [6.07, 6.45) is 1.96. The molecule has 1 rings (SSSR count). The van der Waals surface area contributed by atoms with Crippen LogP contribution in [0.5, 0.6) is 0 Å². The summed E-state index contributed by atoms with van der Waals surface area (Å²) in [5, 5.41) is 23.7. The van der Waals surface area contributed by atoms with Gasteiger partial charge in [0.15, 0.2) is 0 Å². The Labute approximate surface area is 112 Å². The molecule has 0 aromatic heterocycles. The molecular formula is C12H20N2O3S-2. The second-order valence-electron chi connectivity index (χ2n) is 5.62. The Morgan fingerprint density at radius 2 is 2.06 bits per heavy atom. The Morgan fingerprint density at radius 1 is 1.50 bits per heavy atom. The van der Waals surface area contributed by atoms with Crippen molar-refractivity contribution in [3.05, 3.63) is 16.9 Å². The van der Waals surface area contributed by atoms with E-state index in [1.165, 1.54) is 11.8 Å². The number of carboxylic acids is 1. The lowest BCUT2D eigenvalue weighted by atomic mass is 9.98. The Kier molecular flexibility index (Phi) is 4.48. The van der Waals surface area contributed by atoms with E-state index in [2.05, 4.69) is 0 Å². The fourth-order valence-electron chi connectivity index (χ4n) is 2.09. The van der Waals surface area contributed by atoms with Crippen molar-refractivity contribution >= 4 is 17.7 Å². The maximum Gasteiger partial charge on any atom is 0.0590 e. The lowest BCUT2D eigenvalue weighted by molar-refractivity contribution is -0.306. The second-order valence-corrected chi connectivity index (χ2v) is 6.65. The summed E-state index contributed by atoms with van der Waals surface area (Å²) in [5.41, 5.74) is 5.32. The number of carboxylic acid groups (broad SMARTS) is 1. The van der Waals surface area contributed by atoms with Crippen molar-refractivity contribution in [3.8, 4) is 0 Å². The van der Waals surface area contributed by atoms with Crippen LogP contribution in [0.3, 0.4) is 0 Å². The Balaban J connectivity index is 2.60. The third kappa shape index (κ3) is 3.06. The maximum absolute atomic E-state index is 12.1. The molecule has 18 heavy (non-hydrogen) atoms. The number of nitrogens with two attached hydrogens (primary N) is 1. The molecule has 0 aromatic rings. The highest BCUT2D eigenvalue weighted by atomic mass is 32.2. The molecular weight excluding hydrogens is 252 g/mol. The highest BCUT2D eigenvalue weighted by molar-refractivity contribution is 7.99. The number of rotatable bonds is 5. The van der Waals surface area contributed by atoms with Gasteiger partial charge in [-0.05, 0) is 33.3 Å². The van der Waals surface area contributed by atoms with Crippen molar-refractivity contribution in [1.29, 1.82) is 0 Å². The summed E-state index contributed by atoms with van der Waals surface area (Å²) in [4.78, 5) is 10.5. The van der Waals surface area contributed by atoms with Gasteiger partial charge in [0.2, 0.25) is 0 Å². The van der Waals surface area contributed by atoms with Crippen molar-refractivity contribution in [3.63, 3.8) is 0 Å². The van der Waals surface area contributed by atoms with E-state index in [1.54, 1.807) is 0 Å². The third-order valence-electron chi connectivity index (χ3n) is 3.20. The van der Waals surface area contributed by atoms with Gasteiger partial charge in [0.05, 0.1) is 12.0 Å². The smallest absolute Gasteiger partial charge is 0.0590 e. The Morgan fingerprint density at radius 3 is 2.44 bits per heavy atom. The SMILES string of the molecule is CC1(C)C=C(CSCC(N)C(=O)[O-])C(C)(C)N1[O-]. The zero-order chi connectivity index (χ0) is 14.1. The van der Waals surface area contributed by atoms with Crippen LogP contribution in [0.15, 0.2) is 11.6 Å². The Bertz CT molecular complexity index is 366. The van der Waals surface area contributed by atoms with Crippen molar-refractivity contribution in [2.45, 2.75) is 44.8 Å². The van der Waals surface area contributed by atoms with E-state index in [0.29, 0.717) is 5.75 Å². The van der Waals surface area contributed by atoms with Gasteiger partial charge in [-0.1, -0.05) is 6.08 Å². The van der Waals surface area contributed by atoms with E-state index in [9.17, 15) is 15.1 Å². The molecule has 1 aliphatic heterocycles. The molecule has 0 aromatic carbocycles. The molecule has 1 heterocycles. The summed E-state index contributed by atoms with van der Waals surface area (Å²) in [6, 6.07) is -0.962. The van der Waals surface area contributed by atoms with Crippen LogP contribution in [0, 0.1) is 5.21 Å². The minimum absolute atomic E-state index is 0.287. The van der Waals surface area contributed by atoms with Crippen LogP contribution in [-0.2, 0) is 4.79 Å². The van der Waals surface area contributed by atoms with E-state index < -0.39 is 23.1 Å². The van der Waals surface area contributed by atoms with E-state index in [0.717, 1.165) is 10.6 Å². The first-order chi connectivity index (χ1) is 8.09. The number of hydroxylamine groups is 2. The molecule has 2 N–H and O–H groups in total. The molecule has 0 saturated heterocycles. The molecule has 104 valence electrons. The minimum atomic E-state index is -1.24. The second kappa shape index (κ2) is 5.21. The number of thioether (sulfide) groups is 1. The largest absolute Gasteiger partial charge is 0.784 e. The lowest BCUT2D eigenvalue weighted by Gasteiger charge is -2.47. The molecule has 0 spiro atoms. The van der Waals surface area contributed by atoms with Crippen molar-refractivity contribution in [2.24, 2.45) is 5.73 Å². The number of aliphatic carboxylic acids is 1. The summed E-state index contributed by atoms with van der Waals surface area (Å²) in [5.74, 6) is -0.349. The summed E-state index contributed by atoms with van der Waals surface area (Å²) >= 11 is 1.41. The van der Waals surface area contributed by atoms with E-state index in [-0.39, 0.29) is 5.75 Å². The standard InChI is InChI=1S/C12H21N2O3S/c1-11(2)5-8(12(3,4)14(11)17)6-18-7-9(13)10(15)16/h5,9H,6-7,13H2,1-4H3,(H,15,16)/q-1/p-1. The van der Waals surface area contributed by atoms with Crippen LogP contribution in [-0.4, -0.2) is 39.7 Å². The Hall–Kier alpha value is -0.560. The van der Waals surface area contributed by atoms with Crippen LogP contribution in [0.4, 0.5) is 0 Å². The van der Waals surface area contributed by atoms with Gasteiger partial charge in [0.1, 0.15) is 0 Å². The van der Waals surface area contributed by atoms with Crippen LogP contribution in [0.2, 0.25) is 0 Å². The quantitative estimate of drug-likeness (QED) is 0.713. The van der Waals surface area contributed by atoms with Gasteiger partial charge in [-0.3, -0.25) is 0 Å². The molecule has 1 unspecified atom stereocenters. The zero-order valence-corrected chi connectivity index (χ0v) is 12.0. The molecule has 0 saturated carbocycles. The first kappa shape index (κ1) is 15.5. The number of nitrogens with zero attached hydrogens (tertiary/aromatic N) is 1. The zero-order valence-electron chi connectivity index (χ0n) is 11.2. The van der Waals surface area contributed by atoms with Gasteiger partial charge in [0.25, 0.3) is 0 Å². The first-order valence-electron chi connectivity index (χ1n) is 5.83. The summed E-state index contributed by atoms with van der Waals surface area (Å²) in [7, 11) is 0. The molecule has 5 nitrogen and oxygen atoms in total. The molecule has 0 fully saturated rings. The van der Waals surface area contributed by atoms with E-state index in [1.807, 2.05) is 33.8 Å². The highest BCUT2D eigenvalue weighted by Crippen LogP contribution is 2.40. The molecule has 0 bridgehead atoms. The first-order valence-corrected chi connectivity index (χ1v) is 6.98. The minimum Gasteiger partial charge on any atom is -0.784 e. The lowest BCUT2D eigenvalue weighted by Crippen LogP contribution is -2.46. The van der Waals surface area contributed by atoms with Gasteiger partial charge >= 0.3 is 0 Å². The number of hydrogen-bond acceptors (Lipinski definition) is 6.